The number of halogens is 1. The topological polar surface area (TPSA) is 12.0 Å². The van der Waals surface area contributed by atoms with Gasteiger partial charge < -0.3 is 5.32 Å². The third-order valence-electron chi connectivity index (χ3n) is 2.54. The molecule has 2 aromatic carbocycles. The summed E-state index contributed by atoms with van der Waals surface area (Å²) in [7, 11) is 1.93. The van der Waals surface area contributed by atoms with Crippen molar-refractivity contribution in [2.45, 2.75) is 20.3 Å². The Bertz CT molecular complexity index is 463. The zero-order valence-electron chi connectivity index (χ0n) is 11.2. The van der Waals surface area contributed by atoms with E-state index < -0.39 is 0 Å². The highest BCUT2D eigenvalue weighted by Crippen LogP contribution is 2.16. The minimum atomic E-state index is 0.785. The molecule has 0 atom stereocenters. The van der Waals surface area contributed by atoms with E-state index in [2.05, 4.69) is 41.7 Å². The highest BCUT2D eigenvalue weighted by molar-refractivity contribution is 6.30. The molecule has 2 heteroatoms. The first kappa shape index (κ1) is 14.6. The Morgan fingerprint density at radius 2 is 1.61 bits per heavy atom. The average molecular weight is 262 g/mol. The largest absolute Gasteiger partial charge is 0.388 e. The van der Waals surface area contributed by atoms with Gasteiger partial charge in [-0.2, -0.15) is 0 Å². The molecule has 2 rings (SSSR count). The van der Waals surface area contributed by atoms with Crippen molar-refractivity contribution in [1.82, 2.24) is 0 Å². The summed E-state index contributed by atoms with van der Waals surface area (Å²) in [5.41, 5.74) is 3.72. The van der Waals surface area contributed by atoms with Gasteiger partial charge in [0.1, 0.15) is 0 Å². The lowest BCUT2D eigenvalue weighted by molar-refractivity contribution is 1.19. The fraction of sp³-hybridized carbons (Fsp3) is 0.250. The van der Waals surface area contributed by atoms with Crippen molar-refractivity contribution in [3.63, 3.8) is 0 Å². The quantitative estimate of drug-likeness (QED) is 0.820. The number of nitrogens with one attached hydrogen (secondary N) is 1. The SMILES string of the molecule is CC.CNc1cccc(Cc2ccc(Cl)cc2)c1. The zero-order valence-corrected chi connectivity index (χ0v) is 12.0. The first-order valence-corrected chi connectivity index (χ1v) is 6.67. The fourth-order valence-corrected chi connectivity index (χ4v) is 1.80. The highest BCUT2D eigenvalue weighted by Gasteiger charge is 1.97. The van der Waals surface area contributed by atoms with Crippen LogP contribution in [0.1, 0.15) is 25.0 Å². The van der Waals surface area contributed by atoms with Gasteiger partial charge in [0, 0.05) is 17.8 Å². The van der Waals surface area contributed by atoms with Crippen LogP contribution in [0.5, 0.6) is 0 Å². The van der Waals surface area contributed by atoms with E-state index in [4.69, 9.17) is 11.6 Å². The maximum absolute atomic E-state index is 5.85. The molecule has 0 fully saturated rings. The summed E-state index contributed by atoms with van der Waals surface area (Å²) >= 11 is 5.85. The summed E-state index contributed by atoms with van der Waals surface area (Å²) in [6.45, 7) is 4.00. The van der Waals surface area contributed by atoms with Crippen LogP contribution in [0.2, 0.25) is 5.02 Å². The Labute approximate surface area is 115 Å². The molecule has 0 amide bonds. The maximum Gasteiger partial charge on any atom is 0.0406 e. The molecule has 0 spiro atoms. The predicted octanol–water partition coefficient (Wildman–Crippen LogP) is 5.00. The highest BCUT2D eigenvalue weighted by atomic mass is 35.5. The lowest BCUT2D eigenvalue weighted by Gasteiger charge is -2.05. The van der Waals surface area contributed by atoms with E-state index in [9.17, 15) is 0 Å². The van der Waals surface area contributed by atoms with E-state index in [-0.39, 0.29) is 0 Å². The van der Waals surface area contributed by atoms with Crippen LogP contribution in [0.25, 0.3) is 0 Å². The summed E-state index contributed by atoms with van der Waals surface area (Å²) < 4.78 is 0. The normalized spacial score (nSPS) is 9.33. The minimum absolute atomic E-state index is 0.785. The number of rotatable bonds is 3. The Kier molecular flexibility index (Phi) is 6.31. The van der Waals surface area contributed by atoms with Crippen molar-refractivity contribution in [2.24, 2.45) is 0 Å². The molecule has 0 saturated heterocycles. The second-order valence-electron chi connectivity index (χ2n) is 3.75. The van der Waals surface area contributed by atoms with Crippen LogP contribution >= 0.6 is 11.6 Å². The molecule has 0 aliphatic carbocycles. The second-order valence-corrected chi connectivity index (χ2v) is 4.19. The van der Waals surface area contributed by atoms with E-state index in [1.165, 1.54) is 11.1 Å². The molecule has 0 unspecified atom stereocenters. The van der Waals surface area contributed by atoms with Crippen LogP contribution in [0.15, 0.2) is 48.5 Å². The van der Waals surface area contributed by atoms with Crippen LogP contribution < -0.4 is 5.32 Å². The van der Waals surface area contributed by atoms with Gasteiger partial charge >= 0.3 is 0 Å². The lowest BCUT2D eigenvalue weighted by Crippen LogP contribution is -1.91. The van der Waals surface area contributed by atoms with E-state index in [1.54, 1.807) is 0 Å². The molecule has 96 valence electrons. The monoisotopic (exact) mass is 261 g/mol. The van der Waals surface area contributed by atoms with Gasteiger partial charge in [-0.3, -0.25) is 0 Å². The summed E-state index contributed by atoms with van der Waals surface area (Å²) in [5.74, 6) is 0. The third kappa shape index (κ3) is 4.42. The Morgan fingerprint density at radius 1 is 0.944 bits per heavy atom. The van der Waals surface area contributed by atoms with E-state index in [0.29, 0.717) is 0 Å². The van der Waals surface area contributed by atoms with Crippen LogP contribution in [-0.2, 0) is 6.42 Å². The van der Waals surface area contributed by atoms with Crippen molar-refractivity contribution >= 4 is 17.3 Å². The molecule has 0 aromatic heterocycles. The van der Waals surface area contributed by atoms with Crippen LogP contribution in [0.3, 0.4) is 0 Å². The van der Waals surface area contributed by atoms with Crippen LogP contribution in [0.4, 0.5) is 5.69 Å². The molecule has 18 heavy (non-hydrogen) atoms. The first-order chi connectivity index (χ1) is 8.78. The molecule has 2 aromatic rings. The van der Waals surface area contributed by atoms with Crippen LogP contribution in [0, 0.1) is 0 Å². The van der Waals surface area contributed by atoms with Gasteiger partial charge in [0.15, 0.2) is 0 Å². The smallest absolute Gasteiger partial charge is 0.0406 e. The molecule has 0 heterocycles. The molecular weight excluding hydrogens is 242 g/mol. The lowest BCUT2D eigenvalue weighted by atomic mass is 10.0. The molecule has 1 nitrogen and oxygen atoms in total. The van der Waals surface area contributed by atoms with Crippen molar-refractivity contribution in [3.8, 4) is 0 Å². The third-order valence-corrected chi connectivity index (χ3v) is 2.79. The molecule has 0 bridgehead atoms. The van der Waals surface area contributed by atoms with Gasteiger partial charge in [-0.05, 0) is 41.8 Å². The molecule has 0 aliphatic heterocycles. The van der Waals surface area contributed by atoms with Gasteiger partial charge in [0.2, 0.25) is 0 Å². The maximum atomic E-state index is 5.85. The Morgan fingerprint density at radius 3 is 2.22 bits per heavy atom. The predicted molar refractivity (Wildman–Crippen MR) is 81.6 cm³/mol. The fourth-order valence-electron chi connectivity index (χ4n) is 1.67. The molecule has 0 radical (unpaired) electrons. The van der Waals surface area contributed by atoms with E-state index in [0.717, 1.165) is 17.1 Å². The summed E-state index contributed by atoms with van der Waals surface area (Å²) in [4.78, 5) is 0. The Hall–Kier alpha value is -1.47. The van der Waals surface area contributed by atoms with E-state index in [1.807, 2.05) is 33.0 Å². The van der Waals surface area contributed by atoms with Gasteiger partial charge in [-0.25, -0.2) is 0 Å². The minimum Gasteiger partial charge on any atom is -0.388 e. The van der Waals surface area contributed by atoms with Crippen molar-refractivity contribution in [2.75, 3.05) is 12.4 Å². The number of hydrogen-bond acceptors (Lipinski definition) is 1. The van der Waals surface area contributed by atoms with Gasteiger partial charge in [-0.15, -0.1) is 0 Å². The van der Waals surface area contributed by atoms with Crippen molar-refractivity contribution < 1.29 is 0 Å². The second kappa shape index (κ2) is 7.78. The number of anilines is 1. The summed E-state index contributed by atoms with van der Waals surface area (Å²) in [6, 6.07) is 16.4. The zero-order chi connectivity index (χ0) is 13.4. The molecule has 1 N–H and O–H groups in total. The van der Waals surface area contributed by atoms with Gasteiger partial charge in [0.25, 0.3) is 0 Å². The summed E-state index contributed by atoms with van der Waals surface area (Å²) in [5, 5.41) is 3.93. The number of benzene rings is 2. The standard InChI is InChI=1S/C14H14ClN.C2H6/c1-16-14-4-2-3-12(10-14)9-11-5-7-13(15)8-6-11;1-2/h2-8,10,16H,9H2,1H3;1-2H3. The van der Waals surface area contributed by atoms with Crippen LogP contribution in [-0.4, -0.2) is 7.05 Å². The first-order valence-electron chi connectivity index (χ1n) is 6.29. The van der Waals surface area contributed by atoms with E-state index >= 15 is 0 Å². The Balaban J connectivity index is 0.000000771. The van der Waals surface area contributed by atoms with Crippen molar-refractivity contribution in [1.29, 1.82) is 0 Å². The average Bonchev–Trinajstić information content (AvgIpc) is 2.44. The molecule has 0 aliphatic rings. The summed E-state index contributed by atoms with van der Waals surface area (Å²) in [6.07, 6.45) is 0.937. The molecule has 0 saturated carbocycles. The number of hydrogen-bond donors (Lipinski definition) is 1. The van der Waals surface area contributed by atoms with Gasteiger partial charge in [0.05, 0.1) is 0 Å². The van der Waals surface area contributed by atoms with Gasteiger partial charge in [-0.1, -0.05) is 49.7 Å². The van der Waals surface area contributed by atoms with Crippen molar-refractivity contribution in [3.05, 3.63) is 64.7 Å². The molecular formula is C16H20ClN.